The van der Waals surface area contributed by atoms with Crippen LogP contribution in [-0.4, -0.2) is 52.1 Å². The molecule has 3 aromatic carbocycles. The highest BCUT2D eigenvalue weighted by atomic mass is 79.9. The molecule has 44 heavy (non-hydrogen) atoms. The predicted octanol–water partition coefficient (Wildman–Crippen LogP) is 6.64. The first-order valence-corrected chi connectivity index (χ1v) is 16.1. The Morgan fingerprint density at radius 1 is 0.909 bits per heavy atom. The van der Waals surface area contributed by atoms with E-state index in [-0.39, 0.29) is 24.4 Å². The summed E-state index contributed by atoms with van der Waals surface area (Å²) in [5.74, 6) is -1.16. The van der Waals surface area contributed by atoms with Gasteiger partial charge in [-0.1, -0.05) is 79.0 Å². The first-order valence-electron chi connectivity index (χ1n) is 14.5. The molecule has 11 heteroatoms. The van der Waals surface area contributed by atoms with Crippen LogP contribution in [0.4, 0.5) is 5.69 Å². The molecule has 0 spiro atoms. The molecule has 222 valence electrons. The Morgan fingerprint density at radius 3 is 2.30 bits per heavy atom. The maximum Gasteiger partial charge on any atom is 0.264 e. The van der Waals surface area contributed by atoms with Crippen LogP contribution in [0.2, 0.25) is 0 Å². The van der Waals surface area contributed by atoms with Gasteiger partial charge < -0.3 is 0 Å². The number of hydrogen-bond acceptors (Lipinski definition) is 7. The molecular weight excluding hydrogens is 688 g/mol. The fourth-order valence-corrected chi connectivity index (χ4v) is 7.00. The molecular formula is C33H28Br2N6O3. The number of nitrogens with zero attached hydrogens (tertiary/aromatic N) is 6. The van der Waals surface area contributed by atoms with E-state index in [1.165, 1.54) is 5.01 Å². The number of imide groups is 1. The summed E-state index contributed by atoms with van der Waals surface area (Å²) in [5, 5.41) is 16.1. The lowest BCUT2D eigenvalue weighted by molar-refractivity contribution is -0.136. The van der Waals surface area contributed by atoms with E-state index in [2.05, 4.69) is 60.4 Å². The highest BCUT2D eigenvalue weighted by Gasteiger charge is 2.55. The van der Waals surface area contributed by atoms with Crippen LogP contribution < -0.4 is 4.90 Å². The van der Waals surface area contributed by atoms with Gasteiger partial charge >= 0.3 is 0 Å². The highest BCUT2D eigenvalue weighted by Crippen LogP contribution is 2.45. The molecule has 0 N–H and O–H groups in total. The number of anilines is 1. The van der Waals surface area contributed by atoms with Crippen molar-refractivity contribution in [3.05, 3.63) is 104 Å². The van der Waals surface area contributed by atoms with E-state index in [1.54, 1.807) is 17.1 Å². The first kappa shape index (κ1) is 28.8. The summed E-state index contributed by atoms with van der Waals surface area (Å²) in [6.07, 6.45) is 4.91. The molecule has 9 nitrogen and oxygen atoms in total. The van der Waals surface area contributed by atoms with Crippen LogP contribution in [0.15, 0.2) is 103 Å². The molecule has 1 saturated carbocycles. The van der Waals surface area contributed by atoms with E-state index in [1.807, 2.05) is 55.5 Å². The zero-order chi connectivity index (χ0) is 30.5. The monoisotopic (exact) mass is 714 g/mol. The summed E-state index contributed by atoms with van der Waals surface area (Å²) in [6, 6.07) is 21.0. The average Bonchev–Trinajstić information content (AvgIpc) is 3.69. The van der Waals surface area contributed by atoms with Gasteiger partial charge in [-0.3, -0.25) is 19.4 Å². The third-order valence-corrected chi connectivity index (χ3v) is 9.68. The number of hydrogen-bond donors (Lipinski definition) is 0. The minimum absolute atomic E-state index is 0.0234. The standard InChI is InChI=1S/C33H28Br2N6O3/c1-19-5-15-25(16-6-19)40-32(43)29-31(33(40)44)39(38-36-29)18-27(42)41-30(21-9-13-24(35)14-10-21)26-4-2-3-22(28(26)37-41)17-20-7-11-23(34)12-8-20/h5-17,26,29-31H,2-4,18H2,1H3/b22-17+/t26-,29+,30-,31+/m1/s1. The minimum Gasteiger partial charge on any atom is -0.271 e. The quantitative estimate of drug-likeness (QED) is 0.277. The summed E-state index contributed by atoms with van der Waals surface area (Å²) < 4.78 is 1.96. The number of allylic oxidation sites excluding steroid dienone is 1. The number of aryl methyl sites for hydroxylation is 1. The van der Waals surface area contributed by atoms with E-state index in [0.29, 0.717) is 5.69 Å². The molecule has 0 bridgehead atoms. The summed E-state index contributed by atoms with van der Waals surface area (Å²) >= 11 is 7.03. The van der Waals surface area contributed by atoms with Gasteiger partial charge in [0.2, 0.25) is 0 Å². The third kappa shape index (κ3) is 5.11. The lowest BCUT2D eigenvalue weighted by Crippen LogP contribution is -2.45. The zero-order valence-electron chi connectivity index (χ0n) is 23.8. The van der Waals surface area contributed by atoms with Crippen LogP contribution in [0, 0.1) is 12.8 Å². The van der Waals surface area contributed by atoms with Crippen LogP contribution >= 0.6 is 31.9 Å². The molecule has 0 aromatic heterocycles. The Hall–Kier alpha value is -3.96. The molecule has 0 radical (unpaired) electrons. The fourth-order valence-electron chi connectivity index (χ4n) is 6.47. The van der Waals surface area contributed by atoms with Crippen molar-refractivity contribution in [1.29, 1.82) is 0 Å². The van der Waals surface area contributed by atoms with Gasteiger partial charge in [-0.05, 0) is 85.4 Å². The van der Waals surface area contributed by atoms with Crippen molar-refractivity contribution >= 4 is 67.1 Å². The number of carbonyl (C=O) groups is 3. The van der Waals surface area contributed by atoms with Gasteiger partial charge in [-0.25, -0.2) is 9.91 Å². The van der Waals surface area contributed by atoms with Gasteiger partial charge in [-0.15, -0.1) is 0 Å². The van der Waals surface area contributed by atoms with Gasteiger partial charge in [-0.2, -0.15) is 10.2 Å². The van der Waals surface area contributed by atoms with Crippen molar-refractivity contribution in [1.82, 2.24) is 10.0 Å². The maximum atomic E-state index is 14.1. The van der Waals surface area contributed by atoms with Crippen LogP contribution in [0.3, 0.4) is 0 Å². The molecule has 3 aliphatic heterocycles. The fraction of sp³-hybridized carbons (Fsp3) is 0.273. The SMILES string of the molecule is Cc1ccc(N2C(=O)[C@H]3N=NN(CC(=O)N4N=C5/C(=C/c6ccc(Br)cc6)CCC[C@H]5[C@H]4c4ccc(Br)cc4)[C@@H]3C2=O)cc1. The summed E-state index contributed by atoms with van der Waals surface area (Å²) in [6.45, 7) is 1.71. The second-order valence-electron chi connectivity index (χ2n) is 11.5. The third-order valence-electron chi connectivity index (χ3n) is 8.63. The van der Waals surface area contributed by atoms with Crippen LogP contribution in [-0.2, 0) is 14.4 Å². The molecule has 3 aromatic rings. The molecule has 2 fully saturated rings. The Bertz CT molecular complexity index is 1740. The van der Waals surface area contributed by atoms with E-state index in [4.69, 9.17) is 5.10 Å². The first-order chi connectivity index (χ1) is 21.3. The van der Waals surface area contributed by atoms with Gasteiger partial charge in [0.1, 0.15) is 6.54 Å². The van der Waals surface area contributed by atoms with Crippen molar-refractivity contribution < 1.29 is 14.4 Å². The van der Waals surface area contributed by atoms with E-state index >= 15 is 0 Å². The van der Waals surface area contributed by atoms with E-state index in [0.717, 1.165) is 61.1 Å². The van der Waals surface area contributed by atoms with E-state index < -0.39 is 23.9 Å². The lowest BCUT2D eigenvalue weighted by atomic mass is 9.77. The van der Waals surface area contributed by atoms with Crippen molar-refractivity contribution in [2.75, 3.05) is 11.4 Å². The number of carbonyl (C=O) groups excluding carboxylic acids is 3. The second-order valence-corrected chi connectivity index (χ2v) is 13.3. The summed E-state index contributed by atoms with van der Waals surface area (Å²) in [5.41, 5.74) is 5.59. The number of amides is 3. The molecule has 3 amide bonds. The predicted molar refractivity (Wildman–Crippen MR) is 173 cm³/mol. The number of halogens is 2. The molecule has 0 unspecified atom stereocenters. The van der Waals surface area contributed by atoms with Gasteiger partial charge in [0.15, 0.2) is 12.1 Å². The van der Waals surface area contributed by atoms with Crippen LogP contribution in [0.1, 0.15) is 42.0 Å². The lowest BCUT2D eigenvalue weighted by Gasteiger charge is -2.30. The Morgan fingerprint density at radius 2 is 1.59 bits per heavy atom. The zero-order valence-corrected chi connectivity index (χ0v) is 27.0. The van der Waals surface area contributed by atoms with Crippen LogP contribution in [0.25, 0.3) is 6.08 Å². The minimum atomic E-state index is -0.980. The number of hydrazone groups is 1. The number of fused-ring (bicyclic) bond motifs is 2. The molecule has 4 atom stereocenters. The summed E-state index contributed by atoms with van der Waals surface area (Å²) in [4.78, 5) is 42.0. The Labute approximate surface area is 271 Å². The highest BCUT2D eigenvalue weighted by molar-refractivity contribution is 9.10. The topological polar surface area (TPSA) is 98.0 Å². The summed E-state index contributed by atoms with van der Waals surface area (Å²) in [7, 11) is 0. The Balaban J connectivity index is 1.18. The number of rotatable bonds is 5. The maximum absolute atomic E-state index is 14.1. The van der Waals surface area contributed by atoms with Crippen molar-refractivity contribution in [3.8, 4) is 0 Å². The molecule has 7 rings (SSSR count). The second kappa shape index (κ2) is 11.5. The molecule has 3 heterocycles. The van der Waals surface area contributed by atoms with Crippen molar-refractivity contribution in [3.63, 3.8) is 0 Å². The molecule has 1 aliphatic carbocycles. The van der Waals surface area contributed by atoms with Gasteiger partial charge in [0.25, 0.3) is 17.7 Å². The Kier molecular flexibility index (Phi) is 7.54. The normalized spacial score (nSPS) is 25.1. The van der Waals surface area contributed by atoms with Gasteiger partial charge in [0.05, 0.1) is 17.4 Å². The van der Waals surface area contributed by atoms with Crippen molar-refractivity contribution in [2.24, 2.45) is 21.4 Å². The molecule has 4 aliphatic rings. The largest absolute Gasteiger partial charge is 0.271 e. The van der Waals surface area contributed by atoms with Crippen molar-refractivity contribution in [2.45, 2.75) is 44.3 Å². The smallest absolute Gasteiger partial charge is 0.264 e. The van der Waals surface area contributed by atoms with E-state index in [9.17, 15) is 14.4 Å². The van der Waals surface area contributed by atoms with Gasteiger partial charge in [0, 0.05) is 14.9 Å². The average molecular weight is 716 g/mol. The van der Waals surface area contributed by atoms with Crippen LogP contribution in [0.5, 0.6) is 0 Å². The molecule has 1 saturated heterocycles. The number of benzene rings is 3.